The van der Waals surface area contributed by atoms with Crippen molar-refractivity contribution in [2.45, 2.75) is 93.0 Å². The highest BCUT2D eigenvalue weighted by Crippen LogP contribution is 2.42. The molecule has 0 amide bonds. The summed E-state index contributed by atoms with van der Waals surface area (Å²) in [5.74, 6) is 0.557. The fourth-order valence-corrected chi connectivity index (χ4v) is 1.94. The van der Waals surface area contributed by atoms with Crippen molar-refractivity contribution in [2.75, 3.05) is 6.61 Å². The highest BCUT2D eigenvalue weighted by atomic mass is 16.6. The standard InChI is InChI=1S/C17H36O2/c1-13(2)16(8,9)17(10,11)19-15(6,7)12-18-14(3,4)5/h13H,12H2,1-11H3. The third kappa shape index (κ3) is 5.83. The molecular weight excluding hydrogens is 236 g/mol. The molecule has 0 unspecified atom stereocenters. The quantitative estimate of drug-likeness (QED) is 0.673. The lowest BCUT2D eigenvalue weighted by Crippen LogP contribution is -2.51. The number of hydrogen-bond donors (Lipinski definition) is 0. The fraction of sp³-hybridized carbons (Fsp3) is 1.00. The molecule has 2 nitrogen and oxygen atoms in total. The topological polar surface area (TPSA) is 18.5 Å². The molecule has 19 heavy (non-hydrogen) atoms. The zero-order chi connectivity index (χ0) is 15.7. The minimum absolute atomic E-state index is 0.103. The zero-order valence-corrected chi connectivity index (χ0v) is 15.1. The lowest BCUT2D eigenvalue weighted by Gasteiger charge is -2.48. The van der Waals surface area contributed by atoms with E-state index < -0.39 is 0 Å². The molecule has 0 saturated carbocycles. The van der Waals surface area contributed by atoms with Crippen molar-refractivity contribution < 1.29 is 9.47 Å². The highest BCUT2D eigenvalue weighted by Gasteiger charge is 2.43. The Balaban J connectivity index is 4.81. The van der Waals surface area contributed by atoms with Gasteiger partial charge in [-0.1, -0.05) is 27.7 Å². The van der Waals surface area contributed by atoms with Gasteiger partial charge in [0.1, 0.15) is 0 Å². The summed E-state index contributed by atoms with van der Waals surface area (Å²) in [4.78, 5) is 0. The molecule has 0 spiro atoms. The SMILES string of the molecule is CC(C)C(C)(C)C(C)(C)OC(C)(C)COC(C)(C)C. The van der Waals surface area contributed by atoms with Crippen LogP contribution < -0.4 is 0 Å². The maximum Gasteiger partial charge on any atom is 0.0866 e. The van der Waals surface area contributed by atoms with E-state index in [1.165, 1.54) is 0 Å². The summed E-state index contributed by atoms with van der Waals surface area (Å²) in [5, 5.41) is 0. The van der Waals surface area contributed by atoms with Gasteiger partial charge in [0.15, 0.2) is 0 Å². The van der Waals surface area contributed by atoms with Crippen LogP contribution in [0.25, 0.3) is 0 Å². The molecule has 0 aromatic rings. The number of ether oxygens (including phenoxy) is 2. The first kappa shape index (κ1) is 18.9. The summed E-state index contributed by atoms with van der Waals surface area (Å²) in [6.07, 6.45) is 0. The molecule has 0 aromatic carbocycles. The largest absolute Gasteiger partial charge is 0.373 e. The summed E-state index contributed by atoms with van der Waals surface area (Å²) in [6, 6.07) is 0. The third-order valence-corrected chi connectivity index (χ3v) is 4.38. The van der Waals surface area contributed by atoms with Gasteiger partial charge in [-0.25, -0.2) is 0 Å². The van der Waals surface area contributed by atoms with E-state index in [1.54, 1.807) is 0 Å². The predicted molar refractivity (Wildman–Crippen MR) is 83.6 cm³/mol. The van der Waals surface area contributed by atoms with Crippen molar-refractivity contribution in [1.29, 1.82) is 0 Å². The van der Waals surface area contributed by atoms with Crippen molar-refractivity contribution in [3.8, 4) is 0 Å². The lowest BCUT2D eigenvalue weighted by atomic mass is 9.69. The van der Waals surface area contributed by atoms with E-state index in [9.17, 15) is 0 Å². The van der Waals surface area contributed by atoms with E-state index in [4.69, 9.17) is 9.47 Å². The van der Waals surface area contributed by atoms with Crippen LogP contribution in [0.15, 0.2) is 0 Å². The van der Waals surface area contributed by atoms with Crippen LogP contribution in [-0.2, 0) is 9.47 Å². The van der Waals surface area contributed by atoms with Crippen molar-refractivity contribution >= 4 is 0 Å². The predicted octanol–water partition coefficient (Wildman–Crippen LogP) is 5.06. The molecule has 0 saturated heterocycles. The Hall–Kier alpha value is -0.0800. The van der Waals surface area contributed by atoms with Gasteiger partial charge in [-0.15, -0.1) is 0 Å². The second kappa shape index (κ2) is 5.73. The molecule has 0 aliphatic rings. The van der Waals surface area contributed by atoms with Gasteiger partial charge >= 0.3 is 0 Å². The summed E-state index contributed by atoms with van der Waals surface area (Å²) in [5.41, 5.74) is -0.515. The first-order chi connectivity index (χ1) is 8.11. The summed E-state index contributed by atoms with van der Waals surface area (Å²) in [7, 11) is 0. The van der Waals surface area contributed by atoms with E-state index >= 15 is 0 Å². The molecule has 0 fully saturated rings. The summed E-state index contributed by atoms with van der Waals surface area (Å²) < 4.78 is 12.3. The van der Waals surface area contributed by atoms with Crippen LogP contribution in [0.5, 0.6) is 0 Å². The second-order valence-electron chi connectivity index (χ2n) is 8.65. The van der Waals surface area contributed by atoms with Gasteiger partial charge in [0.05, 0.1) is 23.4 Å². The highest BCUT2D eigenvalue weighted by molar-refractivity contribution is 4.92. The Kier molecular flexibility index (Phi) is 5.71. The lowest BCUT2D eigenvalue weighted by molar-refractivity contribution is -0.212. The van der Waals surface area contributed by atoms with E-state index in [0.29, 0.717) is 12.5 Å². The van der Waals surface area contributed by atoms with Crippen molar-refractivity contribution in [3.05, 3.63) is 0 Å². The van der Waals surface area contributed by atoms with Crippen LogP contribution in [0.4, 0.5) is 0 Å². The van der Waals surface area contributed by atoms with Crippen LogP contribution in [-0.4, -0.2) is 23.4 Å². The normalized spacial score (nSPS) is 15.2. The molecule has 0 aliphatic carbocycles. The van der Waals surface area contributed by atoms with E-state index in [-0.39, 0.29) is 22.2 Å². The van der Waals surface area contributed by atoms with Crippen molar-refractivity contribution in [1.82, 2.24) is 0 Å². The Morgan fingerprint density at radius 1 is 0.789 bits per heavy atom. The minimum Gasteiger partial charge on any atom is -0.373 e. The summed E-state index contributed by atoms with van der Waals surface area (Å²) >= 11 is 0. The average Bonchev–Trinajstić information content (AvgIpc) is 2.11. The minimum atomic E-state index is -0.289. The van der Waals surface area contributed by atoms with Crippen LogP contribution >= 0.6 is 0 Å². The molecular formula is C17H36O2. The molecule has 2 heteroatoms. The van der Waals surface area contributed by atoms with Crippen LogP contribution in [0, 0.1) is 11.3 Å². The maximum absolute atomic E-state index is 6.42. The Labute approximate surface area is 121 Å². The monoisotopic (exact) mass is 272 g/mol. The molecule has 0 atom stereocenters. The van der Waals surface area contributed by atoms with E-state index in [1.807, 2.05) is 0 Å². The zero-order valence-electron chi connectivity index (χ0n) is 15.1. The summed E-state index contributed by atoms with van der Waals surface area (Å²) in [6.45, 7) is 24.5. The first-order valence-corrected chi connectivity index (χ1v) is 7.45. The van der Waals surface area contributed by atoms with Gasteiger partial charge in [0.2, 0.25) is 0 Å². The Morgan fingerprint density at radius 3 is 1.53 bits per heavy atom. The van der Waals surface area contributed by atoms with Crippen LogP contribution in [0.1, 0.15) is 76.2 Å². The van der Waals surface area contributed by atoms with Gasteiger partial charge in [0.25, 0.3) is 0 Å². The molecule has 0 rings (SSSR count). The van der Waals surface area contributed by atoms with Gasteiger partial charge < -0.3 is 9.47 Å². The third-order valence-electron chi connectivity index (χ3n) is 4.38. The molecule has 0 heterocycles. The smallest absolute Gasteiger partial charge is 0.0866 e. The van der Waals surface area contributed by atoms with E-state index in [2.05, 4.69) is 76.2 Å². The second-order valence-corrected chi connectivity index (χ2v) is 8.65. The van der Waals surface area contributed by atoms with Gasteiger partial charge in [-0.05, 0) is 59.8 Å². The van der Waals surface area contributed by atoms with Gasteiger partial charge in [0, 0.05) is 0 Å². The molecule has 0 aliphatic heterocycles. The average molecular weight is 272 g/mol. The van der Waals surface area contributed by atoms with Crippen LogP contribution in [0.3, 0.4) is 0 Å². The van der Waals surface area contributed by atoms with E-state index in [0.717, 1.165) is 0 Å². The van der Waals surface area contributed by atoms with Crippen molar-refractivity contribution in [2.24, 2.45) is 11.3 Å². The number of hydrogen-bond acceptors (Lipinski definition) is 2. The first-order valence-electron chi connectivity index (χ1n) is 7.45. The molecule has 116 valence electrons. The van der Waals surface area contributed by atoms with Crippen LogP contribution in [0.2, 0.25) is 0 Å². The Bertz CT molecular complexity index is 280. The molecule has 0 aromatic heterocycles. The molecule has 0 bridgehead atoms. The fourth-order valence-electron chi connectivity index (χ4n) is 1.94. The van der Waals surface area contributed by atoms with Crippen molar-refractivity contribution in [3.63, 3.8) is 0 Å². The van der Waals surface area contributed by atoms with Gasteiger partial charge in [-0.3, -0.25) is 0 Å². The molecule has 0 N–H and O–H groups in total. The molecule has 0 radical (unpaired) electrons. The maximum atomic E-state index is 6.42. The number of rotatable bonds is 6. The Morgan fingerprint density at radius 2 is 1.21 bits per heavy atom. The van der Waals surface area contributed by atoms with Gasteiger partial charge in [-0.2, -0.15) is 0 Å².